The predicted octanol–water partition coefficient (Wildman–Crippen LogP) is 40.5. The fraction of sp³-hybridized carbons (Fsp3) is 0.452. The van der Waals surface area contributed by atoms with Crippen LogP contribution in [-0.2, 0) is 52.8 Å². The number of fused-ring (bicyclic) bond motifs is 8. The Morgan fingerprint density at radius 1 is 0.292 bits per heavy atom. The molecule has 0 N–H and O–H groups in total. The Kier molecular flexibility index (Phi) is 32.3. The quantitative estimate of drug-likeness (QED) is 0.0404. The van der Waals surface area contributed by atoms with E-state index in [9.17, 15) is 0 Å². The van der Waals surface area contributed by atoms with Crippen LogP contribution in [0.2, 0.25) is 0 Å². The Morgan fingerprint density at radius 3 is 1.01 bits per heavy atom. The van der Waals surface area contributed by atoms with Gasteiger partial charge in [-0.05, 0) is 371 Å². The monoisotopic (exact) mass is 1820 g/mol. The lowest BCUT2D eigenvalue weighted by atomic mass is 9.55. The Morgan fingerprint density at radius 2 is 0.620 bits per heavy atom. The molecule has 5 atom stereocenters. The number of benzene rings is 13. The van der Waals surface area contributed by atoms with Gasteiger partial charge in [-0.3, -0.25) is 0 Å². The molecule has 722 valence electrons. The predicted molar refractivity (Wildman–Crippen MR) is 604 cm³/mol. The molecule has 137 heavy (non-hydrogen) atoms. The molecular formula is C135H172N2. The van der Waals surface area contributed by atoms with Gasteiger partial charge in [0.1, 0.15) is 0 Å². The molecule has 4 aliphatic carbocycles. The van der Waals surface area contributed by atoms with Crippen molar-refractivity contribution < 1.29 is 0 Å². The van der Waals surface area contributed by atoms with Crippen molar-refractivity contribution in [2.24, 2.45) is 23.7 Å². The SMILES string of the molecule is C.C.CCCCC(CC)Cc1cc(-c2ccc(N(c3ccc4c(c3)C35CCCC3(CCC5)c3cc(N(c5ccc(C)cc5)c5c(C)cc(C(C)(C)C)cc5C)ccc3-4)c3c(C)cc(C(C)(C)C)cc3C)cc2)cc2c(CC(CC)CCCC)cc(C)cc12.CCCCC(CC)Cc1cc(-c2ccc3c(c2)C(C)(c2cccc(C)c2)c2cc(C)ccc2-3)cc2c(CC(CC)CCCC)cc(C)cc12. The molecule has 13 aromatic rings. The van der Waals surface area contributed by atoms with Crippen molar-refractivity contribution >= 4 is 55.7 Å². The number of anilines is 6. The zero-order valence-corrected chi connectivity index (χ0v) is 87.9. The summed E-state index contributed by atoms with van der Waals surface area (Å²) in [4.78, 5) is 5.23. The fourth-order valence-corrected chi connectivity index (χ4v) is 25.7. The van der Waals surface area contributed by atoms with Crippen LogP contribution in [0.25, 0.3) is 66.1 Å². The maximum Gasteiger partial charge on any atom is 0.0520 e. The van der Waals surface area contributed by atoms with Gasteiger partial charge in [0.25, 0.3) is 0 Å². The van der Waals surface area contributed by atoms with Crippen molar-refractivity contribution in [3.05, 3.63) is 330 Å². The highest BCUT2D eigenvalue weighted by molar-refractivity contribution is 5.97. The number of aryl methyl sites for hydroxylation is 9. The summed E-state index contributed by atoms with van der Waals surface area (Å²) in [6, 6.07) is 88.2. The van der Waals surface area contributed by atoms with E-state index in [-0.39, 0.29) is 41.9 Å². The smallest absolute Gasteiger partial charge is 0.0520 e. The minimum atomic E-state index is -0.207. The normalized spacial score (nSPS) is 17.2. The number of rotatable bonds is 33. The lowest BCUT2D eigenvalue weighted by Gasteiger charge is -2.48. The standard InChI is InChI=1S/C84H104N2.C49H60.2CH4/c1-17-21-25-61(19-3)49-65-43-56(6)44-75-66(50-62(20-4)26-22-18-2)51-64(52-76(65)75)63-29-33-70(34-30-63)86(80-59(9)47-68(48-60(80)10)82(14,15)16)72-36-38-74-73-37-35-71(53-77(73)83-39-23-41-84(83,42-24-40-83)78(74)54-72)85(69-31-27-55(5)28-32-69)79-57(7)45-67(46-58(79)8)81(11,12)13;1-9-13-17-36(11-3)28-40-24-35(7)26-45-41(29-37(12-4)18-14-10-2)30-39(31-46(40)45)38-21-23-44-43-22-20-34(6)27-47(43)49(8,48(44)32-38)42-19-15-16-33(5)25-42;;/h27-38,43-48,51-54,61-62H,17-26,39-42,49-50H2,1-16H3;15-16,19-27,30-32,36-37H,9-14,17-18,28-29H2,1-8H3;2*1H4. The van der Waals surface area contributed by atoms with E-state index in [1.807, 2.05) is 0 Å². The van der Waals surface area contributed by atoms with Crippen LogP contribution in [0.4, 0.5) is 34.1 Å². The van der Waals surface area contributed by atoms with Crippen LogP contribution >= 0.6 is 0 Å². The lowest BCUT2D eigenvalue weighted by Crippen LogP contribution is -2.43. The Balaban J connectivity index is 0.000000250. The molecule has 17 rings (SSSR count). The van der Waals surface area contributed by atoms with E-state index in [2.05, 4.69) is 394 Å². The van der Waals surface area contributed by atoms with Crippen LogP contribution in [0.15, 0.2) is 218 Å². The number of hydrogen-bond donors (Lipinski definition) is 0. The Bertz CT molecular complexity index is 6360. The van der Waals surface area contributed by atoms with Gasteiger partial charge in [0, 0.05) is 39.0 Å². The highest BCUT2D eigenvalue weighted by Gasteiger charge is 2.62. The molecule has 0 saturated heterocycles. The summed E-state index contributed by atoms with van der Waals surface area (Å²) in [6.45, 7) is 56.2. The highest BCUT2D eigenvalue weighted by Crippen LogP contribution is 2.70. The minimum absolute atomic E-state index is 0. The highest BCUT2D eigenvalue weighted by atomic mass is 15.2. The lowest BCUT2D eigenvalue weighted by molar-refractivity contribution is 0.299. The zero-order chi connectivity index (χ0) is 95.7. The first-order valence-corrected chi connectivity index (χ1v) is 53.6. The molecule has 2 saturated carbocycles. The summed E-state index contributed by atoms with van der Waals surface area (Å²) in [6.07, 6.45) is 32.6. The van der Waals surface area contributed by atoms with E-state index < -0.39 is 0 Å². The second-order valence-corrected chi connectivity index (χ2v) is 45.4. The minimum Gasteiger partial charge on any atom is -0.310 e. The van der Waals surface area contributed by atoms with Gasteiger partial charge in [-0.25, -0.2) is 0 Å². The van der Waals surface area contributed by atoms with Crippen LogP contribution in [-0.4, -0.2) is 0 Å². The van der Waals surface area contributed by atoms with E-state index in [1.54, 1.807) is 27.8 Å². The van der Waals surface area contributed by atoms with Crippen molar-refractivity contribution in [3.8, 4) is 44.5 Å². The largest absolute Gasteiger partial charge is 0.310 e. The van der Waals surface area contributed by atoms with Gasteiger partial charge in [-0.15, -0.1) is 0 Å². The molecule has 0 amide bonds. The van der Waals surface area contributed by atoms with Crippen LogP contribution in [0.5, 0.6) is 0 Å². The van der Waals surface area contributed by atoms with Gasteiger partial charge in [-0.1, -0.05) is 407 Å². The summed E-state index contributed by atoms with van der Waals surface area (Å²) in [5.74, 6) is 2.85. The third-order valence-electron chi connectivity index (χ3n) is 33.6. The van der Waals surface area contributed by atoms with Crippen LogP contribution in [0, 0.1) is 86.0 Å². The molecule has 13 aromatic carbocycles. The summed E-state index contributed by atoms with van der Waals surface area (Å²) < 4.78 is 0. The first-order valence-electron chi connectivity index (χ1n) is 53.6. The van der Waals surface area contributed by atoms with Gasteiger partial charge < -0.3 is 9.80 Å². The molecule has 0 aliphatic heterocycles. The molecule has 5 unspecified atom stereocenters. The van der Waals surface area contributed by atoms with E-state index in [0.29, 0.717) is 11.8 Å². The van der Waals surface area contributed by atoms with Crippen molar-refractivity contribution in [1.29, 1.82) is 0 Å². The van der Waals surface area contributed by atoms with E-state index in [4.69, 9.17) is 0 Å². The maximum absolute atomic E-state index is 2.69. The molecule has 2 heteroatoms. The average Bonchev–Trinajstić information content (AvgIpc) is 1.52. The molecule has 0 radical (unpaired) electrons. The van der Waals surface area contributed by atoms with Gasteiger partial charge in [0.2, 0.25) is 0 Å². The fourth-order valence-electron chi connectivity index (χ4n) is 25.7. The first-order chi connectivity index (χ1) is 64.8. The zero-order valence-electron chi connectivity index (χ0n) is 87.9. The molecule has 2 fully saturated rings. The van der Waals surface area contributed by atoms with Crippen molar-refractivity contribution in [3.63, 3.8) is 0 Å². The van der Waals surface area contributed by atoms with Gasteiger partial charge >= 0.3 is 0 Å². The summed E-state index contributed by atoms with van der Waals surface area (Å²) in [7, 11) is 0. The van der Waals surface area contributed by atoms with Crippen LogP contribution < -0.4 is 9.80 Å². The van der Waals surface area contributed by atoms with Gasteiger partial charge in [0.05, 0.1) is 11.4 Å². The van der Waals surface area contributed by atoms with Crippen LogP contribution in [0.3, 0.4) is 0 Å². The first kappa shape index (κ1) is 103. The van der Waals surface area contributed by atoms with E-state index in [1.165, 1.54) is 331 Å². The topological polar surface area (TPSA) is 6.48 Å². The van der Waals surface area contributed by atoms with Gasteiger partial charge in [0.15, 0.2) is 0 Å². The summed E-state index contributed by atoms with van der Waals surface area (Å²) in [5, 5.41) is 5.93. The van der Waals surface area contributed by atoms with Crippen LogP contribution in [0.1, 0.15) is 371 Å². The van der Waals surface area contributed by atoms with E-state index >= 15 is 0 Å². The van der Waals surface area contributed by atoms with Crippen molar-refractivity contribution in [2.45, 2.75) is 375 Å². The molecule has 0 aromatic heterocycles. The van der Waals surface area contributed by atoms with Gasteiger partial charge in [-0.2, -0.15) is 0 Å². The number of hydrogen-bond acceptors (Lipinski definition) is 2. The molecule has 0 spiro atoms. The molecule has 2 nitrogen and oxygen atoms in total. The maximum atomic E-state index is 2.69. The molecule has 0 bridgehead atoms. The molecule has 4 aliphatic rings. The third-order valence-corrected chi connectivity index (χ3v) is 33.6. The summed E-state index contributed by atoms with van der Waals surface area (Å²) >= 11 is 0. The second kappa shape index (κ2) is 43.0. The molecular weight excluding hydrogens is 1650 g/mol. The molecule has 0 heterocycles. The number of unbranched alkanes of at least 4 members (excludes halogenated alkanes) is 4. The Hall–Kier alpha value is -10.0. The number of nitrogens with zero attached hydrogens (tertiary/aromatic N) is 2. The summed E-state index contributed by atoms with van der Waals surface area (Å²) in [5.41, 5.74) is 47.0. The van der Waals surface area contributed by atoms with Crippen molar-refractivity contribution in [2.75, 3.05) is 9.80 Å². The Labute approximate surface area is 832 Å². The van der Waals surface area contributed by atoms with Crippen molar-refractivity contribution in [1.82, 2.24) is 0 Å². The second-order valence-electron chi connectivity index (χ2n) is 45.4. The van der Waals surface area contributed by atoms with E-state index in [0.717, 1.165) is 31.1 Å². The third kappa shape index (κ3) is 20.5. The average molecular weight is 1820 g/mol.